The Kier molecular flexibility index (Phi) is 6.05. The average Bonchev–Trinajstić information content (AvgIpc) is 2.54. The van der Waals surface area contributed by atoms with Crippen LogP contribution in [0, 0.1) is 0 Å². The van der Waals surface area contributed by atoms with Crippen LogP contribution in [0.25, 0.3) is 0 Å². The maximum absolute atomic E-state index is 11.1. The molecule has 4 heteroatoms. The molecule has 1 aliphatic heterocycles. The lowest BCUT2D eigenvalue weighted by Crippen LogP contribution is -2.46. The number of anilines is 1. The molecule has 0 saturated carbocycles. The second-order valence-corrected chi connectivity index (χ2v) is 7.31. The average molecular weight is 318 g/mol. The minimum absolute atomic E-state index is 0.109. The first kappa shape index (κ1) is 17.8. The fraction of sp³-hybridized carbons (Fsp3) is 0.632. The van der Waals surface area contributed by atoms with Gasteiger partial charge in [-0.05, 0) is 36.1 Å². The van der Waals surface area contributed by atoms with Crippen molar-refractivity contribution in [2.45, 2.75) is 39.0 Å². The summed E-state index contributed by atoms with van der Waals surface area (Å²) < 4.78 is 4.68. The Morgan fingerprint density at radius 1 is 1.09 bits per heavy atom. The lowest BCUT2D eigenvalue weighted by molar-refractivity contribution is -0.140. The van der Waals surface area contributed by atoms with Crippen molar-refractivity contribution in [2.75, 3.05) is 44.7 Å². The van der Waals surface area contributed by atoms with E-state index in [1.54, 1.807) is 0 Å². The molecule has 2 rings (SSSR count). The molecule has 1 aromatic rings. The molecule has 1 fully saturated rings. The summed E-state index contributed by atoms with van der Waals surface area (Å²) >= 11 is 0. The summed E-state index contributed by atoms with van der Waals surface area (Å²) in [7, 11) is 1.45. The zero-order valence-electron chi connectivity index (χ0n) is 15.0. The lowest BCUT2D eigenvalue weighted by atomic mass is 9.87. The van der Waals surface area contributed by atoms with Gasteiger partial charge in [-0.1, -0.05) is 32.9 Å². The Bertz CT molecular complexity index is 497. The number of benzene rings is 1. The van der Waals surface area contributed by atoms with Crippen molar-refractivity contribution in [3.63, 3.8) is 0 Å². The van der Waals surface area contributed by atoms with Gasteiger partial charge in [0.2, 0.25) is 0 Å². The highest BCUT2D eigenvalue weighted by molar-refractivity contribution is 5.69. The van der Waals surface area contributed by atoms with E-state index in [2.05, 4.69) is 59.6 Å². The van der Waals surface area contributed by atoms with E-state index < -0.39 is 0 Å². The molecule has 0 spiro atoms. The van der Waals surface area contributed by atoms with Crippen LogP contribution in [-0.2, 0) is 14.9 Å². The van der Waals surface area contributed by atoms with Crippen molar-refractivity contribution in [3.8, 4) is 0 Å². The number of nitrogens with zero attached hydrogens (tertiary/aromatic N) is 2. The highest BCUT2D eigenvalue weighted by Gasteiger charge is 2.18. The van der Waals surface area contributed by atoms with E-state index in [0.29, 0.717) is 6.42 Å². The second-order valence-electron chi connectivity index (χ2n) is 7.31. The van der Waals surface area contributed by atoms with Crippen LogP contribution in [0.5, 0.6) is 0 Å². The number of hydrogen-bond acceptors (Lipinski definition) is 4. The largest absolute Gasteiger partial charge is 0.469 e. The van der Waals surface area contributed by atoms with E-state index >= 15 is 0 Å². The Morgan fingerprint density at radius 3 is 2.22 bits per heavy atom. The van der Waals surface area contributed by atoms with Gasteiger partial charge >= 0.3 is 5.97 Å². The summed E-state index contributed by atoms with van der Waals surface area (Å²) in [5.41, 5.74) is 2.89. The number of carbonyl (C=O) groups excluding carboxylic acids is 1. The van der Waals surface area contributed by atoms with Gasteiger partial charge in [0.05, 0.1) is 7.11 Å². The molecule has 128 valence electrons. The lowest BCUT2D eigenvalue weighted by Gasteiger charge is -2.36. The summed E-state index contributed by atoms with van der Waals surface area (Å²) in [4.78, 5) is 16.0. The number of rotatable bonds is 5. The van der Waals surface area contributed by atoms with Crippen molar-refractivity contribution in [2.24, 2.45) is 0 Å². The third-order valence-electron chi connectivity index (χ3n) is 4.55. The molecule has 1 heterocycles. The molecule has 0 unspecified atom stereocenters. The fourth-order valence-corrected chi connectivity index (χ4v) is 2.95. The van der Waals surface area contributed by atoms with Gasteiger partial charge in [0, 0.05) is 38.3 Å². The summed E-state index contributed by atoms with van der Waals surface area (Å²) in [5.74, 6) is -0.109. The van der Waals surface area contributed by atoms with Gasteiger partial charge in [-0.25, -0.2) is 0 Å². The van der Waals surface area contributed by atoms with Crippen LogP contribution in [0.2, 0.25) is 0 Å². The summed E-state index contributed by atoms with van der Waals surface area (Å²) in [5, 5.41) is 0. The van der Waals surface area contributed by atoms with E-state index in [1.165, 1.54) is 18.4 Å². The molecule has 1 aliphatic rings. The molecule has 0 radical (unpaired) electrons. The van der Waals surface area contributed by atoms with Crippen LogP contribution in [0.1, 0.15) is 39.2 Å². The number of hydrogen-bond donors (Lipinski definition) is 0. The predicted octanol–water partition coefficient (Wildman–Crippen LogP) is 3.06. The molecular weight excluding hydrogens is 288 g/mol. The Labute approximate surface area is 140 Å². The van der Waals surface area contributed by atoms with Crippen LogP contribution in [0.15, 0.2) is 24.3 Å². The SMILES string of the molecule is COC(=O)CCCN1CCN(c2ccc(C(C)(C)C)cc2)CC1. The molecule has 0 aliphatic carbocycles. The van der Waals surface area contributed by atoms with Crippen LogP contribution in [-0.4, -0.2) is 50.7 Å². The van der Waals surface area contributed by atoms with Gasteiger partial charge in [-0.3, -0.25) is 9.69 Å². The van der Waals surface area contributed by atoms with Gasteiger partial charge in [-0.2, -0.15) is 0 Å². The Morgan fingerprint density at radius 2 is 1.70 bits per heavy atom. The Balaban J connectivity index is 1.79. The molecule has 0 amide bonds. The molecule has 0 aromatic heterocycles. The van der Waals surface area contributed by atoms with Gasteiger partial charge in [0.25, 0.3) is 0 Å². The molecule has 1 saturated heterocycles. The third kappa shape index (κ3) is 5.24. The first-order chi connectivity index (χ1) is 10.9. The monoisotopic (exact) mass is 318 g/mol. The smallest absolute Gasteiger partial charge is 0.305 e. The van der Waals surface area contributed by atoms with E-state index in [4.69, 9.17) is 0 Å². The van der Waals surface area contributed by atoms with Crippen molar-refractivity contribution in [3.05, 3.63) is 29.8 Å². The summed E-state index contributed by atoms with van der Waals surface area (Å²) in [6.07, 6.45) is 1.40. The highest BCUT2D eigenvalue weighted by Crippen LogP contribution is 2.25. The topological polar surface area (TPSA) is 32.8 Å². The molecule has 0 atom stereocenters. The second kappa shape index (κ2) is 7.82. The number of piperazine rings is 1. The van der Waals surface area contributed by atoms with Crippen molar-refractivity contribution in [1.29, 1.82) is 0 Å². The number of ether oxygens (including phenoxy) is 1. The van der Waals surface area contributed by atoms with Crippen LogP contribution >= 0.6 is 0 Å². The summed E-state index contributed by atoms with van der Waals surface area (Å²) in [6.45, 7) is 11.9. The van der Waals surface area contributed by atoms with Gasteiger partial charge in [0.1, 0.15) is 0 Å². The fourth-order valence-electron chi connectivity index (χ4n) is 2.95. The van der Waals surface area contributed by atoms with Crippen molar-refractivity contribution >= 4 is 11.7 Å². The molecule has 23 heavy (non-hydrogen) atoms. The normalized spacial score (nSPS) is 16.4. The predicted molar refractivity (Wildman–Crippen MR) is 95.0 cm³/mol. The Hall–Kier alpha value is -1.55. The first-order valence-electron chi connectivity index (χ1n) is 8.55. The minimum Gasteiger partial charge on any atom is -0.469 e. The number of esters is 1. The maximum Gasteiger partial charge on any atom is 0.305 e. The molecule has 0 bridgehead atoms. The van der Waals surface area contributed by atoms with Crippen LogP contribution < -0.4 is 4.90 Å². The minimum atomic E-state index is -0.109. The van der Waals surface area contributed by atoms with Gasteiger partial charge < -0.3 is 9.64 Å². The summed E-state index contributed by atoms with van der Waals surface area (Å²) in [6, 6.07) is 8.98. The standard InChI is InChI=1S/C19H30N2O2/c1-19(2,3)16-7-9-17(10-8-16)21-14-12-20(13-15-21)11-5-6-18(22)23-4/h7-10H,5-6,11-15H2,1-4H3. The van der Waals surface area contributed by atoms with Crippen molar-refractivity contribution in [1.82, 2.24) is 4.90 Å². The van der Waals surface area contributed by atoms with E-state index in [1.807, 2.05) is 0 Å². The molecule has 1 aromatic carbocycles. The van der Waals surface area contributed by atoms with E-state index in [9.17, 15) is 4.79 Å². The number of carbonyl (C=O) groups is 1. The quantitative estimate of drug-likeness (QED) is 0.781. The van der Waals surface area contributed by atoms with E-state index in [-0.39, 0.29) is 11.4 Å². The van der Waals surface area contributed by atoms with Gasteiger partial charge in [0.15, 0.2) is 0 Å². The zero-order chi connectivity index (χ0) is 16.9. The molecule has 0 N–H and O–H groups in total. The van der Waals surface area contributed by atoms with Crippen molar-refractivity contribution < 1.29 is 9.53 Å². The first-order valence-corrected chi connectivity index (χ1v) is 8.55. The van der Waals surface area contributed by atoms with E-state index in [0.717, 1.165) is 39.1 Å². The molecule has 4 nitrogen and oxygen atoms in total. The highest BCUT2D eigenvalue weighted by atomic mass is 16.5. The molecular formula is C19H30N2O2. The zero-order valence-corrected chi connectivity index (χ0v) is 15.0. The third-order valence-corrected chi connectivity index (χ3v) is 4.55. The maximum atomic E-state index is 11.1. The number of methoxy groups -OCH3 is 1. The van der Waals surface area contributed by atoms with Crippen LogP contribution in [0.4, 0.5) is 5.69 Å². The van der Waals surface area contributed by atoms with Gasteiger partial charge in [-0.15, -0.1) is 0 Å². The van der Waals surface area contributed by atoms with Crippen LogP contribution in [0.3, 0.4) is 0 Å².